The van der Waals surface area contributed by atoms with Crippen LogP contribution in [-0.4, -0.2) is 55.2 Å². The van der Waals surface area contributed by atoms with Gasteiger partial charge < -0.3 is 5.32 Å². The lowest BCUT2D eigenvalue weighted by Crippen LogP contribution is -2.43. The molecule has 7 nitrogen and oxygen atoms in total. The second-order valence-electron chi connectivity index (χ2n) is 6.46. The topological polar surface area (TPSA) is 86.8 Å². The summed E-state index contributed by atoms with van der Waals surface area (Å²) in [6, 6.07) is 2.86. The zero-order valence-electron chi connectivity index (χ0n) is 14.0. The van der Waals surface area contributed by atoms with Crippen LogP contribution in [0, 0.1) is 20.8 Å². The molecule has 2 heterocycles. The van der Waals surface area contributed by atoms with Crippen LogP contribution in [0.4, 0.5) is 4.79 Å². The zero-order valence-corrected chi connectivity index (χ0v) is 14.8. The summed E-state index contributed by atoms with van der Waals surface area (Å²) in [7, 11) is -3.65. The fraction of sp³-hybridized carbons (Fsp3) is 0.500. The molecule has 1 N–H and O–H groups in total. The molecule has 0 radical (unpaired) electrons. The molecule has 2 saturated heterocycles. The Bertz CT molecular complexity index is 780. The highest BCUT2D eigenvalue weighted by Crippen LogP contribution is 2.29. The first-order valence-electron chi connectivity index (χ1n) is 7.89. The van der Waals surface area contributed by atoms with E-state index in [9.17, 15) is 18.0 Å². The van der Waals surface area contributed by atoms with Gasteiger partial charge in [0.05, 0.1) is 17.5 Å². The fourth-order valence-corrected chi connectivity index (χ4v) is 5.55. The average Bonchev–Trinajstić information content (AvgIpc) is 3.05. The lowest BCUT2D eigenvalue weighted by molar-refractivity contribution is -0.126. The first kappa shape index (κ1) is 16.9. The van der Waals surface area contributed by atoms with Crippen molar-refractivity contribution in [3.8, 4) is 0 Å². The van der Waals surface area contributed by atoms with E-state index in [1.165, 1.54) is 4.31 Å². The van der Waals surface area contributed by atoms with Gasteiger partial charge in [-0.2, -0.15) is 4.31 Å². The highest BCUT2D eigenvalue weighted by Gasteiger charge is 2.42. The molecule has 1 aromatic rings. The maximum Gasteiger partial charge on any atom is 0.324 e. The number of amides is 3. The van der Waals surface area contributed by atoms with Crippen LogP contribution in [0.1, 0.15) is 23.1 Å². The molecule has 130 valence electrons. The summed E-state index contributed by atoms with van der Waals surface area (Å²) < 4.78 is 27.4. The predicted molar refractivity (Wildman–Crippen MR) is 88.1 cm³/mol. The number of carbonyl (C=O) groups is 2. The Balaban J connectivity index is 1.88. The molecule has 0 aromatic heterocycles. The Kier molecular flexibility index (Phi) is 4.13. The lowest BCUT2D eigenvalue weighted by Gasteiger charge is -2.22. The first-order chi connectivity index (χ1) is 11.2. The molecular formula is C16H21N3O4S. The summed E-state index contributed by atoms with van der Waals surface area (Å²) in [5.41, 5.74) is 2.44. The van der Waals surface area contributed by atoms with E-state index in [-0.39, 0.29) is 19.0 Å². The van der Waals surface area contributed by atoms with Gasteiger partial charge in [-0.15, -0.1) is 0 Å². The highest BCUT2D eigenvalue weighted by molar-refractivity contribution is 7.89. The average molecular weight is 351 g/mol. The fourth-order valence-electron chi connectivity index (χ4n) is 3.65. The second-order valence-corrected chi connectivity index (χ2v) is 8.33. The van der Waals surface area contributed by atoms with E-state index in [4.69, 9.17) is 0 Å². The summed E-state index contributed by atoms with van der Waals surface area (Å²) >= 11 is 0. The van der Waals surface area contributed by atoms with Crippen molar-refractivity contribution in [2.24, 2.45) is 0 Å². The highest BCUT2D eigenvalue weighted by atomic mass is 32.2. The number of sulfonamides is 1. The molecule has 1 unspecified atom stereocenters. The van der Waals surface area contributed by atoms with Gasteiger partial charge >= 0.3 is 6.03 Å². The van der Waals surface area contributed by atoms with Crippen molar-refractivity contribution in [1.82, 2.24) is 14.5 Å². The Labute approximate surface area is 141 Å². The monoisotopic (exact) mass is 351 g/mol. The maximum atomic E-state index is 13.0. The van der Waals surface area contributed by atoms with Gasteiger partial charge in [0, 0.05) is 13.1 Å². The Hall–Kier alpha value is -1.93. The third-order valence-electron chi connectivity index (χ3n) is 4.57. The predicted octanol–water partition coefficient (Wildman–Crippen LogP) is 0.927. The third-order valence-corrected chi connectivity index (χ3v) is 6.74. The van der Waals surface area contributed by atoms with Crippen LogP contribution < -0.4 is 5.32 Å². The van der Waals surface area contributed by atoms with E-state index >= 15 is 0 Å². The van der Waals surface area contributed by atoms with Crippen LogP contribution in [0.3, 0.4) is 0 Å². The zero-order chi connectivity index (χ0) is 17.6. The van der Waals surface area contributed by atoms with Crippen LogP contribution in [0.2, 0.25) is 0 Å². The minimum atomic E-state index is -3.65. The molecule has 0 saturated carbocycles. The minimum absolute atomic E-state index is 0.0156. The first-order valence-corrected chi connectivity index (χ1v) is 9.33. The van der Waals surface area contributed by atoms with Crippen molar-refractivity contribution in [3.63, 3.8) is 0 Å². The van der Waals surface area contributed by atoms with Crippen LogP contribution in [0.5, 0.6) is 0 Å². The van der Waals surface area contributed by atoms with Gasteiger partial charge in [-0.05, 0) is 38.3 Å². The molecule has 2 aliphatic rings. The summed E-state index contributed by atoms with van der Waals surface area (Å²) in [5, 5.41) is 2.48. The van der Waals surface area contributed by atoms with Crippen molar-refractivity contribution in [2.75, 3.05) is 19.6 Å². The van der Waals surface area contributed by atoms with E-state index in [0.29, 0.717) is 29.0 Å². The number of imide groups is 1. The Morgan fingerprint density at radius 2 is 1.75 bits per heavy atom. The summed E-state index contributed by atoms with van der Waals surface area (Å²) in [5.74, 6) is -0.299. The van der Waals surface area contributed by atoms with Crippen molar-refractivity contribution in [2.45, 2.75) is 38.1 Å². The van der Waals surface area contributed by atoms with Crippen molar-refractivity contribution < 1.29 is 18.0 Å². The standard InChI is InChI=1S/C16H21N3O4S/c1-10-6-11(2)15(12(3)7-10)24(22,23)18-5-4-13(9-18)19-14(20)8-17-16(19)21/h6-7,13H,4-5,8-9H2,1-3H3,(H,17,21). The van der Waals surface area contributed by atoms with Crippen LogP contribution in [-0.2, 0) is 14.8 Å². The number of hydrogen-bond donors (Lipinski definition) is 1. The molecule has 0 bridgehead atoms. The largest absolute Gasteiger partial charge is 0.329 e. The van der Waals surface area contributed by atoms with Crippen LogP contribution in [0.15, 0.2) is 17.0 Å². The third kappa shape index (κ3) is 2.69. The smallest absolute Gasteiger partial charge is 0.324 e. The van der Waals surface area contributed by atoms with Gasteiger partial charge in [0.1, 0.15) is 0 Å². The molecular weight excluding hydrogens is 330 g/mol. The van der Waals surface area contributed by atoms with Gasteiger partial charge in [0.25, 0.3) is 0 Å². The van der Waals surface area contributed by atoms with Gasteiger partial charge in [-0.1, -0.05) is 17.7 Å². The summed E-state index contributed by atoms with van der Waals surface area (Å²) in [6.07, 6.45) is 0.461. The molecule has 1 atom stereocenters. The summed E-state index contributed by atoms with van der Waals surface area (Å²) in [4.78, 5) is 25.1. The van der Waals surface area contributed by atoms with Crippen LogP contribution >= 0.6 is 0 Å². The van der Waals surface area contributed by atoms with Gasteiger partial charge in [-0.25, -0.2) is 13.2 Å². The molecule has 3 amide bonds. The number of nitrogens with one attached hydrogen (secondary N) is 1. The summed E-state index contributed by atoms with van der Waals surface area (Å²) in [6.45, 7) is 5.94. The molecule has 1 aromatic carbocycles. The van der Waals surface area contributed by atoms with Gasteiger partial charge in [0.2, 0.25) is 15.9 Å². The molecule has 0 spiro atoms. The van der Waals surface area contributed by atoms with E-state index in [2.05, 4.69) is 5.32 Å². The molecule has 0 aliphatic carbocycles. The molecule has 2 fully saturated rings. The van der Waals surface area contributed by atoms with Gasteiger partial charge in [0.15, 0.2) is 0 Å². The van der Waals surface area contributed by atoms with E-state index in [1.54, 1.807) is 13.8 Å². The number of urea groups is 1. The molecule has 2 aliphatic heterocycles. The van der Waals surface area contributed by atoms with E-state index in [0.717, 1.165) is 10.5 Å². The minimum Gasteiger partial charge on any atom is -0.329 e. The lowest BCUT2D eigenvalue weighted by atomic mass is 10.1. The SMILES string of the molecule is Cc1cc(C)c(S(=O)(=O)N2CCC(N3C(=O)CNC3=O)C2)c(C)c1. The Morgan fingerprint density at radius 1 is 1.12 bits per heavy atom. The normalized spacial score (nSPS) is 22.3. The number of rotatable bonds is 3. The van der Waals surface area contributed by atoms with E-state index < -0.39 is 22.1 Å². The molecule has 3 rings (SSSR count). The van der Waals surface area contributed by atoms with Crippen molar-refractivity contribution >= 4 is 22.0 Å². The number of carbonyl (C=O) groups excluding carboxylic acids is 2. The number of benzene rings is 1. The van der Waals surface area contributed by atoms with Gasteiger partial charge in [-0.3, -0.25) is 9.69 Å². The Morgan fingerprint density at radius 3 is 2.29 bits per heavy atom. The maximum absolute atomic E-state index is 13.0. The number of hydrogen-bond acceptors (Lipinski definition) is 4. The number of aryl methyl sites for hydroxylation is 3. The van der Waals surface area contributed by atoms with E-state index in [1.807, 2.05) is 19.1 Å². The molecule has 8 heteroatoms. The quantitative estimate of drug-likeness (QED) is 0.821. The molecule has 24 heavy (non-hydrogen) atoms. The second kappa shape index (κ2) is 5.86. The van der Waals surface area contributed by atoms with Crippen molar-refractivity contribution in [3.05, 3.63) is 28.8 Å². The van der Waals surface area contributed by atoms with Crippen molar-refractivity contribution in [1.29, 1.82) is 0 Å². The van der Waals surface area contributed by atoms with Crippen LogP contribution in [0.25, 0.3) is 0 Å². The number of nitrogens with zero attached hydrogens (tertiary/aromatic N) is 2.